The van der Waals surface area contributed by atoms with Crippen molar-refractivity contribution in [1.82, 2.24) is 0 Å². The van der Waals surface area contributed by atoms with Crippen molar-refractivity contribution in [3.63, 3.8) is 0 Å². The highest BCUT2D eigenvalue weighted by atomic mass is 16.5. The molecule has 16 rings (SSSR count). The van der Waals surface area contributed by atoms with Gasteiger partial charge < -0.3 is 38.3 Å². The summed E-state index contributed by atoms with van der Waals surface area (Å²) in [5.41, 5.74) is 17.0. The number of benzene rings is 7. The van der Waals surface area contributed by atoms with Crippen molar-refractivity contribution < 1.29 is 38.3 Å². The minimum atomic E-state index is -0.889. The molecule has 9 fully saturated rings. The van der Waals surface area contributed by atoms with Gasteiger partial charge in [0, 0.05) is 5.56 Å². The molecule has 8 heteroatoms. The van der Waals surface area contributed by atoms with Crippen LogP contribution in [0.15, 0.2) is 127 Å². The second-order valence-corrected chi connectivity index (χ2v) is 53.9. The van der Waals surface area contributed by atoms with Crippen LogP contribution in [0.1, 0.15) is 560 Å². The maximum absolute atomic E-state index is 10.4. The Balaban J connectivity index is 0.000000168. The number of aliphatic hydroxyl groups is 1. The van der Waals surface area contributed by atoms with E-state index in [1.165, 1.54) is 212 Å². The molecule has 140 heavy (non-hydrogen) atoms. The predicted molar refractivity (Wildman–Crippen MR) is 599 cm³/mol. The Morgan fingerprint density at radius 2 is 0.329 bits per heavy atom. The molecule has 0 radical (unpaired) electrons. The Bertz CT molecular complexity index is 4780. The molecule has 7 aromatic carbocycles. The van der Waals surface area contributed by atoms with Crippen molar-refractivity contribution in [2.45, 2.75) is 527 Å². The molecule has 9 aliphatic rings. The van der Waals surface area contributed by atoms with E-state index in [0.29, 0.717) is 71.0 Å². The molecule has 780 valence electrons. The molecule has 0 heterocycles. The number of rotatable bonds is 30. The van der Waals surface area contributed by atoms with Crippen LogP contribution in [-0.4, -0.2) is 44.3 Å². The van der Waals surface area contributed by atoms with Crippen molar-refractivity contribution >= 4 is 0 Å². The molecule has 8 nitrogen and oxygen atoms in total. The summed E-state index contributed by atoms with van der Waals surface area (Å²) in [4.78, 5) is 0. The van der Waals surface area contributed by atoms with Crippen molar-refractivity contribution in [3.05, 3.63) is 205 Å². The molecule has 7 aromatic rings. The Morgan fingerprint density at radius 1 is 0.186 bits per heavy atom. The molecule has 9 saturated carbocycles. The van der Waals surface area contributed by atoms with Crippen LogP contribution < -0.4 is 33.2 Å². The van der Waals surface area contributed by atoms with Crippen molar-refractivity contribution in [1.29, 1.82) is 0 Å². The van der Waals surface area contributed by atoms with Crippen LogP contribution in [0.3, 0.4) is 0 Å². The quantitative estimate of drug-likeness (QED) is 0.0477. The van der Waals surface area contributed by atoms with Crippen LogP contribution >= 0.6 is 0 Å². The van der Waals surface area contributed by atoms with Gasteiger partial charge in [0.2, 0.25) is 0 Å². The summed E-state index contributed by atoms with van der Waals surface area (Å²) >= 11 is 0. The van der Waals surface area contributed by atoms with Gasteiger partial charge in [0.25, 0.3) is 0 Å². The van der Waals surface area contributed by atoms with Gasteiger partial charge in [-0.3, -0.25) is 0 Å². The maximum Gasteiger partial charge on any atom is 0.129 e. The van der Waals surface area contributed by atoms with E-state index in [2.05, 4.69) is 378 Å². The van der Waals surface area contributed by atoms with Gasteiger partial charge in [-0.05, 0) is 477 Å². The molecule has 0 aromatic heterocycles. The molecule has 1 N–H and O–H groups in total. The van der Waals surface area contributed by atoms with E-state index >= 15 is 0 Å². The second-order valence-electron chi connectivity index (χ2n) is 53.9. The summed E-state index contributed by atoms with van der Waals surface area (Å²) in [6.45, 7) is 87.5. The van der Waals surface area contributed by atoms with Crippen LogP contribution in [0.25, 0.3) is 0 Å². The Labute approximate surface area is 858 Å². The fraction of sp³-hybridized carbons (Fsp3) is 0.682. The Morgan fingerprint density at radius 3 is 0.486 bits per heavy atom. The molecule has 9 aliphatic carbocycles. The van der Waals surface area contributed by atoms with Crippen LogP contribution in [-0.2, 0) is 5.60 Å². The standard InChI is InChI=1S/2C20H30O.2C19H30O.C18H28O2.2C18H28O/c1-13(15-9-10-15)17-7-6-8-18(14(2)16-11-12-16)19(17)21-20(3,4)5;1-13(2)16-7-6-8-17(19(16)21-20(3,4)5)18(14-9-10-14)15-11-12-15;2*1-13(2)16-11-8-12-17(14(3)15-9-7-10-15)18(16)20-19(4,5)6;1-12(13-10-11-13)14-8-7-9-15(18(5,6)19)16(14)20-17(2,3)4;2*1-12(2)15-8-7-9-16(13(3)14-10-11-14)17(15)19-18(4,5)6/h6-8,13-16H,9-12H2,1-5H3;6-8,13-15,18H,9-12H2,1-5H3;2*8,11-15H,7,9-10H2,1-6H3;7-9,12-13,19H,10-11H2,1-6H3;2*7-9,12-14H,10-11H2,1-6H3/t;;2*14-;;2*13-/m..10.10/s1. The monoisotopic (exact) mass is 1920 g/mol. The first kappa shape index (κ1) is 115. The minimum absolute atomic E-state index is 0.128. The normalized spacial score (nSPS) is 18.7. The average molecular weight is 1920 g/mol. The highest BCUT2D eigenvalue weighted by Gasteiger charge is 2.46. The first-order valence-electron chi connectivity index (χ1n) is 56.5. The topological polar surface area (TPSA) is 84.8 Å². The van der Waals surface area contributed by atoms with Crippen LogP contribution in [0.5, 0.6) is 40.2 Å². The molecular formula is C132H204O8. The molecule has 3 unspecified atom stereocenters. The summed E-state index contributed by atoms with van der Waals surface area (Å²) in [6.07, 6.45) is 27.7. The lowest BCUT2D eigenvalue weighted by Gasteiger charge is -2.35. The van der Waals surface area contributed by atoms with Gasteiger partial charge in [-0.15, -0.1) is 0 Å². The summed E-state index contributed by atoms with van der Waals surface area (Å²) in [5, 5.41) is 10.4. The second kappa shape index (κ2) is 47.7. The molecule has 0 amide bonds. The zero-order valence-electron chi connectivity index (χ0n) is 96.8. The highest BCUT2D eigenvalue weighted by Crippen LogP contribution is 2.59. The largest absolute Gasteiger partial charge is 0.488 e. The van der Waals surface area contributed by atoms with Gasteiger partial charge in [0.05, 0.1) is 5.60 Å². The zero-order chi connectivity index (χ0) is 104. The zero-order valence-corrected chi connectivity index (χ0v) is 96.8. The fourth-order valence-corrected chi connectivity index (χ4v) is 20.9. The summed E-state index contributed by atoms with van der Waals surface area (Å²) < 4.78 is 44.5. The lowest BCUT2D eigenvalue weighted by molar-refractivity contribution is 0.0651. The first-order chi connectivity index (χ1) is 65.0. The van der Waals surface area contributed by atoms with Gasteiger partial charge in [-0.2, -0.15) is 0 Å². The molecule has 0 spiro atoms. The molecule has 0 saturated heterocycles. The molecule has 7 atom stereocenters. The fourth-order valence-electron chi connectivity index (χ4n) is 20.9. The molecular weight excluding hydrogens is 1710 g/mol. The van der Waals surface area contributed by atoms with Gasteiger partial charge in [0.1, 0.15) is 79.5 Å². The number of hydrogen-bond donors (Lipinski definition) is 1. The smallest absolute Gasteiger partial charge is 0.129 e. The van der Waals surface area contributed by atoms with Crippen molar-refractivity contribution in [2.24, 2.45) is 53.3 Å². The minimum Gasteiger partial charge on any atom is -0.488 e. The van der Waals surface area contributed by atoms with E-state index in [9.17, 15) is 5.11 Å². The molecule has 0 aliphatic heterocycles. The highest BCUT2D eigenvalue weighted by molar-refractivity contribution is 5.53. The van der Waals surface area contributed by atoms with Gasteiger partial charge in [0.15, 0.2) is 0 Å². The van der Waals surface area contributed by atoms with E-state index in [4.69, 9.17) is 33.2 Å². The number of hydrogen-bond acceptors (Lipinski definition) is 8. The predicted octanol–water partition coefficient (Wildman–Crippen LogP) is 39.2. The van der Waals surface area contributed by atoms with E-state index in [1.807, 2.05) is 26.0 Å². The SMILES string of the molecule is CC(C)c1cccc(C(C2CC2)C2CC2)c1OC(C)(C)C.CC(C)c1cccc([C@@H](C)C2CC2)c1OC(C)(C)C.CC(C)c1cccc([C@@H](C)C2CCC2)c1OC(C)(C)C.CC(C)c1cccc([C@H](C)C2CC2)c1OC(C)(C)C.CC(C)c1cccc([C@H](C)C2CCC2)c1OC(C)(C)C.CC(c1cccc(C(C)(C)O)c1OC(C)(C)C)C1CC1.CC(c1cccc(C(C)C2CC2)c1OC(C)(C)C)C1CC1. The Hall–Kier alpha value is -6.90. The lowest BCUT2D eigenvalue weighted by atomic mass is 9.73. The molecule has 0 bridgehead atoms. The van der Waals surface area contributed by atoms with E-state index in [1.54, 1.807) is 0 Å². The van der Waals surface area contributed by atoms with E-state index in [-0.39, 0.29) is 39.2 Å². The summed E-state index contributed by atoms with van der Waals surface area (Å²) in [7, 11) is 0. The third kappa shape index (κ3) is 34.6. The summed E-state index contributed by atoms with van der Waals surface area (Å²) in [6, 6.07) is 46.6. The van der Waals surface area contributed by atoms with Crippen LogP contribution in [0.2, 0.25) is 0 Å². The van der Waals surface area contributed by atoms with Crippen LogP contribution in [0, 0.1) is 53.3 Å². The average Bonchev–Trinajstić information content (AvgIpc) is 1.60. The summed E-state index contributed by atoms with van der Waals surface area (Å²) in [5.74, 6) is 23.1. The third-order valence-electron chi connectivity index (χ3n) is 30.5. The third-order valence-corrected chi connectivity index (χ3v) is 30.5. The van der Waals surface area contributed by atoms with Crippen molar-refractivity contribution in [3.8, 4) is 40.2 Å². The van der Waals surface area contributed by atoms with E-state index < -0.39 is 5.60 Å². The lowest BCUT2D eigenvalue weighted by Crippen LogP contribution is -2.27. The van der Waals surface area contributed by atoms with Crippen molar-refractivity contribution in [2.75, 3.05) is 0 Å². The van der Waals surface area contributed by atoms with Crippen LogP contribution in [0.4, 0.5) is 0 Å². The number of para-hydroxylation sites is 7. The van der Waals surface area contributed by atoms with Gasteiger partial charge >= 0.3 is 0 Å². The number of ether oxygens (including phenoxy) is 7. The van der Waals surface area contributed by atoms with Gasteiger partial charge in [-0.1, -0.05) is 258 Å². The van der Waals surface area contributed by atoms with Gasteiger partial charge in [-0.25, -0.2) is 0 Å². The Kier molecular flexibility index (Phi) is 39.2. The first-order valence-corrected chi connectivity index (χ1v) is 56.5. The van der Waals surface area contributed by atoms with E-state index in [0.717, 1.165) is 93.5 Å². The maximum atomic E-state index is 10.4.